The molecular weight excluding hydrogens is 388 g/mol. The lowest BCUT2D eigenvalue weighted by Crippen LogP contribution is -2.14. The molecule has 0 saturated heterocycles. The number of hydrogen-bond acceptors (Lipinski definition) is 5. The van der Waals surface area contributed by atoms with Gasteiger partial charge >= 0.3 is 0 Å². The Bertz CT molecular complexity index is 1420. The molecule has 2 N–H and O–H groups in total. The van der Waals surface area contributed by atoms with Crippen LogP contribution in [0.15, 0.2) is 72.1 Å². The summed E-state index contributed by atoms with van der Waals surface area (Å²) >= 11 is 0. The van der Waals surface area contributed by atoms with E-state index in [-0.39, 0.29) is 4.90 Å². The summed E-state index contributed by atoms with van der Waals surface area (Å²) in [6.07, 6.45) is 6.52. The second kappa shape index (κ2) is 6.42. The number of aryl methyl sites for hydroxylation is 1. The molecule has 0 bridgehead atoms. The van der Waals surface area contributed by atoms with Crippen LogP contribution in [0.1, 0.15) is 0 Å². The van der Waals surface area contributed by atoms with E-state index in [1.807, 2.05) is 18.2 Å². The molecule has 29 heavy (non-hydrogen) atoms. The highest BCUT2D eigenvalue weighted by atomic mass is 32.2. The van der Waals surface area contributed by atoms with Crippen molar-refractivity contribution in [3.63, 3.8) is 0 Å². The van der Waals surface area contributed by atoms with Gasteiger partial charge in [-0.25, -0.2) is 8.42 Å². The van der Waals surface area contributed by atoms with Gasteiger partial charge in [-0.2, -0.15) is 5.10 Å². The summed E-state index contributed by atoms with van der Waals surface area (Å²) in [6.45, 7) is 0. The molecule has 0 aliphatic rings. The predicted molar refractivity (Wildman–Crippen MR) is 111 cm³/mol. The van der Waals surface area contributed by atoms with Crippen molar-refractivity contribution < 1.29 is 8.42 Å². The molecule has 144 valence electrons. The van der Waals surface area contributed by atoms with Crippen molar-refractivity contribution in [2.75, 3.05) is 4.72 Å². The molecule has 0 aliphatic heterocycles. The van der Waals surface area contributed by atoms with Crippen LogP contribution in [-0.2, 0) is 17.1 Å². The maximum Gasteiger partial charge on any atom is 0.263 e. The van der Waals surface area contributed by atoms with Crippen molar-refractivity contribution >= 4 is 37.5 Å². The molecule has 5 rings (SSSR count). The number of H-pyrrole nitrogens is 1. The van der Waals surface area contributed by atoms with Crippen molar-refractivity contribution in [3.05, 3.63) is 67.3 Å². The van der Waals surface area contributed by atoms with Crippen molar-refractivity contribution in [2.24, 2.45) is 7.05 Å². The van der Waals surface area contributed by atoms with Crippen molar-refractivity contribution in [3.8, 4) is 11.4 Å². The second-order valence-corrected chi connectivity index (χ2v) is 8.32. The molecule has 0 fully saturated rings. The molecule has 0 saturated carbocycles. The average Bonchev–Trinajstić information content (AvgIpc) is 3.32. The van der Waals surface area contributed by atoms with Gasteiger partial charge in [-0.3, -0.25) is 19.4 Å². The van der Waals surface area contributed by atoms with E-state index >= 15 is 0 Å². The molecule has 8 nitrogen and oxygen atoms in total. The fraction of sp³-hybridized carbons (Fsp3) is 0.0500. The summed E-state index contributed by atoms with van der Waals surface area (Å²) < 4.78 is 30.0. The van der Waals surface area contributed by atoms with Gasteiger partial charge in [0.25, 0.3) is 10.0 Å². The summed E-state index contributed by atoms with van der Waals surface area (Å²) in [7, 11) is -2.03. The minimum absolute atomic E-state index is 0.0817. The Morgan fingerprint density at radius 2 is 1.93 bits per heavy atom. The zero-order valence-corrected chi connectivity index (χ0v) is 16.2. The van der Waals surface area contributed by atoms with Gasteiger partial charge in [0.2, 0.25) is 0 Å². The SMILES string of the molecule is Cn1ncc2cccc(NS(=O)(=O)c3ccc(-c4cc5cnccc5[nH]4)nc3)c21. The fourth-order valence-corrected chi connectivity index (χ4v) is 4.34. The topological polar surface area (TPSA) is 106 Å². The summed E-state index contributed by atoms with van der Waals surface area (Å²) in [5.41, 5.74) is 3.57. The lowest BCUT2D eigenvalue weighted by molar-refractivity contribution is 0.601. The molecule has 0 unspecified atom stereocenters. The monoisotopic (exact) mass is 404 g/mol. The first-order chi connectivity index (χ1) is 14.0. The van der Waals surface area contributed by atoms with Crippen molar-refractivity contribution in [2.45, 2.75) is 4.90 Å². The summed E-state index contributed by atoms with van der Waals surface area (Å²) in [4.78, 5) is 11.8. The largest absolute Gasteiger partial charge is 0.353 e. The summed E-state index contributed by atoms with van der Waals surface area (Å²) in [6, 6.07) is 12.4. The van der Waals surface area contributed by atoms with E-state index in [9.17, 15) is 8.42 Å². The van der Waals surface area contributed by atoms with Crippen LogP contribution in [0.3, 0.4) is 0 Å². The van der Waals surface area contributed by atoms with Crippen LogP contribution >= 0.6 is 0 Å². The Balaban J connectivity index is 1.47. The fourth-order valence-electron chi connectivity index (χ4n) is 3.33. The number of para-hydroxylation sites is 1. The van der Waals surface area contributed by atoms with Gasteiger partial charge in [-0.1, -0.05) is 12.1 Å². The first kappa shape index (κ1) is 17.4. The highest BCUT2D eigenvalue weighted by molar-refractivity contribution is 7.92. The van der Waals surface area contributed by atoms with Gasteiger partial charge in [0, 0.05) is 41.9 Å². The quantitative estimate of drug-likeness (QED) is 0.478. The van der Waals surface area contributed by atoms with E-state index in [1.165, 1.54) is 12.3 Å². The number of aromatic nitrogens is 5. The average molecular weight is 404 g/mol. The first-order valence-electron chi connectivity index (χ1n) is 8.84. The second-order valence-electron chi connectivity index (χ2n) is 6.64. The molecule has 0 amide bonds. The Hall–Kier alpha value is -3.72. The third kappa shape index (κ3) is 3.01. The number of rotatable bonds is 4. The molecule has 4 heterocycles. The summed E-state index contributed by atoms with van der Waals surface area (Å²) in [5, 5.41) is 6.00. The number of sulfonamides is 1. The number of hydrogen-bond donors (Lipinski definition) is 2. The van der Waals surface area contributed by atoms with Gasteiger partial charge in [0.1, 0.15) is 4.90 Å². The molecule has 0 radical (unpaired) electrons. The van der Waals surface area contributed by atoms with Gasteiger partial charge in [-0.05, 0) is 30.3 Å². The minimum atomic E-state index is -3.80. The highest BCUT2D eigenvalue weighted by Gasteiger charge is 2.18. The smallest absolute Gasteiger partial charge is 0.263 e. The van der Waals surface area contributed by atoms with Crippen LogP contribution in [-0.4, -0.2) is 33.2 Å². The Morgan fingerprint density at radius 3 is 2.72 bits per heavy atom. The number of nitrogens with zero attached hydrogens (tertiary/aromatic N) is 4. The number of anilines is 1. The van der Waals surface area contributed by atoms with Crippen LogP contribution < -0.4 is 4.72 Å². The molecule has 1 aromatic carbocycles. The van der Waals surface area contributed by atoms with E-state index in [4.69, 9.17) is 0 Å². The molecular formula is C20H16N6O2S. The maximum atomic E-state index is 12.9. The maximum absolute atomic E-state index is 12.9. The van der Waals surface area contributed by atoms with Crippen LogP contribution in [0.2, 0.25) is 0 Å². The third-order valence-electron chi connectivity index (χ3n) is 4.75. The molecule has 4 aromatic heterocycles. The normalized spacial score (nSPS) is 11.9. The van der Waals surface area contributed by atoms with E-state index in [0.29, 0.717) is 16.9 Å². The van der Waals surface area contributed by atoms with E-state index in [2.05, 4.69) is 24.8 Å². The van der Waals surface area contributed by atoms with Gasteiger partial charge < -0.3 is 4.98 Å². The first-order valence-corrected chi connectivity index (χ1v) is 10.3. The third-order valence-corrected chi connectivity index (χ3v) is 6.10. The zero-order valence-electron chi connectivity index (χ0n) is 15.4. The van der Waals surface area contributed by atoms with E-state index in [0.717, 1.165) is 22.0 Å². The number of aromatic amines is 1. The lowest BCUT2D eigenvalue weighted by Gasteiger charge is -2.10. The standard InChI is InChI=1S/C20H16N6O2S/c1-26-20-13(11-23-26)3-2-4-18(20)25-29(27,28)15-5-6-17(22-12-15)19-9-14-10-21-8-7-16(14)24-19/h2-12,24-25H,1H3. The molecule has 0 spiro atoms. The Labute approximate surface area is 166 Å². The number of benzene rings is 1. The van der Waals surface area contributed by atoms with Gasteiger partial charge in [0.15, 0.2) is 0 Å². The van der Waals surface area contributed by atoms with E-state index < -0.39 is 10.0 Å². The predicted octanol–water partition coefficient (Wildman–Crippen LogP) is 3.31. The Kier molecular flexibility index (Phi) is 3.85. The number of nitrogens with one attached hydrogen (secondary N) is 2. The highest BCUT2D eigenvalue weighted by Crippen LogP contribution is 2.26. The molecule has 0 atom stereocenters. The van der Waals surface area contributed by atoms with Crippen LogP contribution in [0.5, 0.6) is 0 Å². The molecule has 5 aromatic rings. The van der Waals surface area contributed by atoms with Gasteiger partial charge in [0.05, 0.1) is 28.8 Å². The number of fused-ring (bicyclic) bond motifs is 2. The lowest BCUT2D eigenvalue weighted by atomic mass is 10.2. The Morgan fingerprint density at radius 1 is 1.03 bits per heavy atom. The van der Waals surface area contributed by atoms with Crippen LogP contribution in [0, 0.1) is 0 Å². The number of pyridine rings is 2. The van der Waals surface area contributed by atoms with Crippen LogP contribution in [0.4, 0.5) is 5.69 Å². The zero-order chi connectivity index (χ0) is 20.0. The molecule has 9 heteroatoms. The van der Waals surface area contributed by atoms with Crippen LogP contribution in [0.25, 0.3) is 33.2 Å². The molecule has 0 aliphatic carbocycles. The minimum Gasteiger partial charge on any atom is -0.353 e. The van der Waals surface area contributed by atoms with Crippen molar-refractivity contribution in [1.82, 2.24) is 24.7 Å². The van der Waals surface area contributed by atoms with E-state index in [1.54, 1.807) is 48.5 Å². The van der Waals surface area contributed by atoms with Gasteiger partial charge in [-0.15, -0.1) is 0 Å². The van der Waals surface area contributed by atoms with Crippen molar-refractivity contribution in [1.29, 1.82) is 0 Å². The summed E-state index contributed by atoms with van der Waals surface area (Å²) in [5.74, 6) is 0.